The van der Waals surface area contributed by atoms with E-state index in [0.717, 1.165) is 0 Å². The van der Waals surface area contributed by atoms with Crippen molar-refractivity contribution in [2.75, 3.05) is 11.1 Å². The van der Waals surface area contributed by atoms with Crippen molar-refractivity contribution in [3.8, 4) is 12.1 Å². The smallest absolute Gasteiger partial charge is 0.255 e. The Morgan fingerprint density at radius 1 is 1.10 bits per heavy atom. The van der Waals surface area contributed by atoms with Gasteiger partial charge in [0.2, 0.25) is 0 Å². The van der Waals surface area contributed by atoms with Gasteiger partial charge in [0.1, 0.15) is 6.07 Å². The van der Waals surface area contributed by atoms with Gasteiger partial charge < -0.3 is 11.1 Å². The highest BCUT2D eigenvalue weighted by Gasteiger charge is 2.10. The molecule has 0 aromatic heterocycles. The zero-order valence-corrected chi connectivity index (χ0v) is 10.4. The fourth-order valence-corrected chi connectivity index (χ4v) is 1.69. The lowest BCUT2D eigenvalue weighted by atomic mass is 10.1. The number of hydrogen-bond donors (Lipinski definition) is 2. The Morgan fingerprint density at radius 2 is 1.90 bits per heavy atom. The highest BCUT2D eigenvalue weighted by molar-refractivity contribution is 6.05. The Labute approximate surface area is 115 Å². The monoisotopic (exact) mass is 262 g/mol. The summed E-state index contributed by atoms with van der Waals surface area (Å²) in [6, 6.07) is 14.9. The third-order valence-electron chi connectivity index (χ3n) is 2.67. The fourth-order valence-electron chi connectivity index (χ4n) is 1.69. The predicted molar refractivity (Wildman–Crippen MR) is 74.7 cm³/mol. The van der Waals surface area contributed by atoms with Crippen LogP contribution in [0.2, 0.25) is 0 Å². The quantitative estimate of drug-likeness (QED) is 0.810. The molecule has 0 bridgehead atoms. The molecule has 0 aliphatic heterocycles. The highest BCUT2D eigenvalue weighted by atomic mass is 16.1. The second kappa shape index (κ2) is 5.55. The van der Waals surface area contributed by atoms with Gasteiger partial charge in [0.25, 0.3) is 5.91 Å². The maximum Gasteiger partial charge on any atom is 0.255 e. The minimum Gasteiger partial charge on any atom is -0.399 e. The molecule has 0 saturated carbocycles. The zero-order chi connectivity index (χ0) is 14.5. The lowest BCUT2D eigenvalue weighted by Gasteiger charge is -2.07. The summed E-state index contributed by atoms with van der Waals surface area (Å²) in [5, 5.41) is 20.4. The van der Waals surface area contributed by atoms with Crippen molar-refractivity contribution in [3.63, 3.8) is 0 Å². The van der Waals surface area contributed by atoms with Crippen molar-refractivity contribution in [3.05, 3.63) is 59.2 Å². The first-order valence-electron chi connectivity index (χ1n) is 5.75. The van der Waals surface area contributed by atoms with Gasteiger partial charge in [-0.25, -0.2) is 0 Å². The van der Waals surface area contributed by atoms with E-state index < -0.39 is 0 Å². The number of nitrogens with zero attached hydrogens (tertiary/aromatic N) is 2. The largest absolute Gasteiger partial charge is 0.399 e. The predicted octanol–water partition coefficient (Wildman–Crippen LogP) is 2.26. The molecule has 0 heterocycles. The molecule has 0 spiro atoms. The molecule has 0 fully saturated rings. The van der Waals surface area contributed by atoms with Gasteiger partial charge in [-0.2, -0.15) is 10.5 Å². The molecule has 0 radical (unpaired) electrons. The summed E-state index contributed by atoms with van der Waals surface area (Å²) < 4.78 is 0. The molecule has 3 N–H and O–H groups in total. The number of amides is 1. The molecule has 5 nitrogen and oxygen atoms in total. The summed E-state index contributed by atoms with van der Waals surface area (Å²) in [7, 11) is 0. The van der Waals surface area contributed by atoms with Crippen LogP contribution in [0.15, 0.2) is 42.5 Å². The highest BCUT2D eigenvalue weighted by Crippen LogP contribution is 2.19. The number of nitriles is 2. The van der Waals surface area contributed by atoms with Crippen LogP contribution in [0.3, 0.4) is 0 Å². The molecule has 0 unspecified atom stereocenters. The van der Waals surface area contributed by atoms with E-state index in [0.29, 0.717) is 22.5 Å². The Bertz CT molecular complexity index is 753. The molecule has 5 heteroatoms. The van der Waals surface area contributed by atoms with Crippen LogP contribution in [0, 0.1) is 22.7 Å². The van der Waals surface area contributed by atoms with Gasteiger partial charge >= 0.3 is 0 Å². The molecule has 96 valence electrons. The summed E-state index contributed by atoms with van der Waals surface area (Å²) in [6.07, 6.45) is 0. The number of nitrogens with two attached hydrogens (primary N) is 1. The Balaban J connectivity index is 2.28. The van der Waals surface area contributed by atoms with Gasteiger partial charge in [-0.3, -0.25) is 4.79 Å². The van der Waals surface area contributed by atoms with E-state index in [-0.39, 0.29) is 11.5 Å². The number of hydrogen-bond acceptors (Lipinski definition) is 4. The lowest BCUT2D eigenvalue weighted by Crippen LogP contribution is -2.13. The number of carbonyl (C=O) groups is 1. The van der Waals surface area contributed by atoms with E-state index in [1.165, 1.54) is 12.1 Å². The second-order valence-electron chi connectivity index (χ2n) is 4.06. The van der Waals surface area contributed by atoms with Crippen LogP contribution < -0.4 is 11.1 Å². The fraction of sp³-hybridized carbons (Fsp3) is 0. The summed E-state index contributed by atoms with van der Waals surface area (Å²) in [6.45, 7) is 0. The van der Waals surface area contributed by atoms with Gasteiger partial charge in [-0.05, 0) is 36.4 Å². The van der Waals surface area contributed by atoms with E-state index in [2.05, 4.69) is 5.32 Å². The standard InChI is InChI=1S/C15H10N4O/c16-8-10-2-1-3-11(6-10)15(20)19-14-5-4-13(18)7-12(14)9-17/h1-7H,18H2,(H,19,20). The van der Waals surface area contributed by atoms with Crippen molar-refractivity contribution < 1.29 is 4.79 Å². The molecule has 20 heavy (non-hydrogen) atoms. The average Bonchev–Trinajstić information content (AvgIpc) is 2.49. The number of carbonyl (C=O) groups excluding carboxylic acids is 1. The molecule has 2 aromatic carbocycles. The maximum absolute atomic E-state index is 12.1. The van der Waals surface area contributed by atoms with Gasteiger partial charge in [0.05, 0.1) is 22.9 Å². The van der Waals surface area contributed by atoms with E-state index in [4.69, 9.17) is 16.3 Å². The minimum atomic E-state index is -0.386. The Hall–Kier alpha value is -3.31. The molecule has 2 aromatic rings. The Kier molecular flexibility index (Phi) is 3.65. The zero-order valence-electron chi connectivity index (χ0n) is 10.4. The molecule has 2 rings (SSSR count). The van der Waals surface area contributed by atoms with E-state index >= 15 is 0 Å². The van der Waals surface area contributed by atoms with E-state index in [9.17, 15) is 4.79 Å². The SMILES string of the molecule is N#Cc1cccc(C(=O)Nc2ccc(N)cc2C#N)c1. The van der Waals surface area contributed by atoms with Crippen molar-refractivity contribution in [1.29, 1.82) is 10.5 Å². The van der Waals surface area contributed by atoms with Crippen LogP contribution in [0.4, 0.5) is 11.4 Å². The summed E-state index contributed by atoms with van der Waals surface area (Å²) in [5.41, 5.74) is 7.45. The summed E-state index contributed by atoms with van der Waals surface area (Å²) >= 11 is 0. The van der Waals surface area contributed by atoms with E-state index in [1.54, 1.807) is 30.3 Å². The van der Waals surface area contributed by atoms with Crippen molar-refractivity contribution in [2.45, 2.75) is 0 Å². The van der Waals surface area contributed by atoms with Gasteiger partial charge in [0, 0.05) is 11.3 Å². The molecule has 1 amide bonds. The van der Waals surface area contributed by atoms with Crippen LogP contribution in [0.1, 0.15) is 21.5 Å². The normalized spacial score (nSPS) is 9.30. The van der Waals surface area contributed by atoms with Crippen LogP contribution in [-0.2, 0) is 0 Å². The number of rotatable bonds is 2. The first kappa shape index (κ1) is 13.1. The summed E-state index contributed by atoms with van der Waals surface area (Å²) in [4.78, 5) is 12.1. The van der Waals surface area contributed by atoms with Crippen molar-refractivity contribution in [2.24, 2.45) is 0 Å². The topological polar surface area (TPSA) is 103 Å². The lowest BCUT2D eigenvalue weighted by molar-refractivity contribution is 0.102. The third-order valence-corrected chi connectivity index (χ3v) is 2.67. The van der Waals surface area contributed by atoms with E-state index in [1.807, 2.05) is 12.1 Å². The number of anilines is 2. The molecular formula is C15H10N4O. The summed E-state index contributed by atoms with van der Waals surface area (Å²) in [5.74, 6) is -0.386. The van der Waals surface area contributed by atoms with Crippen molar-refractivity contribution in [1.82, 2.24) is 0 Å². The first-order chi connectivity index (χ1) is 9.63. The van der Waals surface area contributed by atoms with Crippen LogP contribution in [0.25, 0.3) is 0 Å². The number of nitrogens with one attached hydrogen (secondary N) is 1. The van der Waals surface area contributed by atoms with Gasteiger partial charge in [-0.15, -0.1) is 0 Å². The molecule has 0 atom stereocenters. The molecule has 0 saturated heterocycles. The van der Waals surface area contributed by atoms with Crippen LogP contribution in [0.5, 0.6) is 0 Å². The second-order valence-corrected chi connectivity index (χ2v) is 4.06. The van der Waals surface area contributed by atoms with Crippen molar-refractivity contribution >= 4 is 17.3 Å². The van der Waals surface area contributed by atoms with Crippen LogP contribution >= 0.6 is 0 Å². The molecule has 0 aliphatic rings. The number of nitrogen functional groups attached to an aromatic ring is 1. The number of benzene rings is 2. The van der Waals surface area contributed by atoms with Crippen LogP contribution in [-0.4, -0.2) is 5.91 Å². The average molecular weight is 262 g/mol. The first-order valence-corrected chi connectivity index (χ1v) is 5.75. The molecular weight excluding hydrogens is 252 g/mol. The minimum absolute atomic E-state index is 0.287. The molecule has 0 aliphatic carbocycles. The van der Waals surface area contributed by atoms with Gasteiger partial charge in [-0.1, -0.05) is 6.07 Å². The third kappa shape index (κ3) is 2.74. The van der Waals surface area contributed by atoms with Gasteiger partial charge in [0.15, 0.2) is 0 Å². The Morgan fingerprint density at radius 3 is 2.60 bits per heavy atom. The maximum atomic E-state index is 12.1.